The number of rotatable bonds is 0. The summed E-state index contributed by atoms with van der Waals surface area (Å²) in [5.74, 6) is 2.16. The number of hydrogen-bond acceptors (Lipinski definition) is 3. The number of thioether (sulfide) groups is 1. The fourth-order valence-corrected chi connectivity index (χ4v) is 2.74. The van der Waals surface area contributed by atoms with Gasteiger partial charge in [-0.2, -0.15) is 0 Å². The van der Waals surface area contributed by atoms with E-state index in [9.17, 15) is 0 Å². The molecule has 11 heavy (non-hydrogen) atoms. The molecule has 2 aliphatic heterocycles. The molecule has 0 fully saturated rings. The van der Waals surface area contributed by atoms with E-state index in [2.05, 4.69) is 13.8 Å². The molecule has 0 N–H and O–H groups in total. The predicted octanol–water partition coefficient (Wildman–Crippen LogP) is 1.77. The van der Waals surface area contributed by atoms with Gasteiger partial charge in [0.05, 0.1) is 10.5 Å². The van der Waals surface area contributed by atoms with Gasteiger partial charge >= 0.3 is 0 Å². The van der Waals surface area contributed by atoms with Crippen molar-refractivity contribution in [2.45, 2.75) is 24.3 Å². The van der Waals surface area contributed by atoms with Gasteiger partial charge in [0.25, 0.3) is 0 Å². The van der Waals surface area contributed by atoms with E-state index in [-0.39, 0.29) is 0 Å². The minimum atomic E-state index is 0.486. The van der Waals surface area contributed by atoms with Crippen molar-refractivity contribution in [2.24, 2.45) is 0 Å². The van der Waals surface area contributed by atoms with Gasteiger partial charge in [-0.15, -0.1) is 11.8 Å². The summed E-state index contributed by atoms with van der Waals surface area (Å²) in [5, 5.41) is 0.973. The molecule has 2 heterocycles. The number of ether oxygens (including phenoxy) is 2. The third kappa shape index (κ3) is 1.11. The van der Waals surface area contributed by atoms with Crippen LogP contribution in [0.3, 0.4) is 0 Å². The van der Waals surface area contributed by atoms with Gasteiger partial charge in [0.15, 0.2) is 0 Å². The minimum Gasteiger partial charge on any atom is -0.490 e. The molecular formula is C8H12O2S. The van der Waals surface area contributed by atoms with Gasteiger partial charge in [0, 0.05) is 0 Å². The van der Waals surface area contributed by atoms with Crippen LogP contribution < -0.4 is 0 Å². The molecule has 2 unspecified atom stereocenters. The quantitative estimate of drug-likeness (QED) is 0.555. The van der Waals surface area contributed by atoms with E-state index < -0.39 is 0 Å². The summed E-state index contributed by atoms with van der Waals surface area (Å²) in [5.41, 5.74) is 0. The molecule has 2 rings (SSSR count). The first kappa shape index (κ1) is 7.35. The molecule has 0 amide bonds. The molecule has 3 heteroatoms. The van der Waals surface area contributed by atoms with Crippen LogP contribution in [0.15, 0.2) is 11.5 Å². The van der Waals surface area contributed by atoms with Crippen molar-refractivity contribution >= 4 is 11.8 Å². The normalized spacial score (nSPS) is 36.2. The summed E-state index contributed by atoms with van der Waals surface area (Å²) in [6, 6.07) is 0. The van der Waals surface area contributed by atoms with Crippen molar-refractivity contribution in [3.8, 4) is 0 Å². The molecule has 0 bridgehead atoms. The average molecular weight is 172 g/mol. The van der Waals surface area contributed by atoms with Gasteiger partial charge in [-0.3, -0.25) is 0 Å². The Balaban J connectivity index is 2.25. The Morgan fingerprint density at radius 1 is 1.09 bits per heavy atom. The Kier molecular flexibility index (Phi) is 1.75. The molecule has 2 nitrogen and oxygen atoms in total. The summed E-state index contributed by atoms with van der Waals surface area (Å²) < 4.78 is 11.0. The van der Waals surface area contributed by atoms with Gasteiger partial charge in [-0.1, -0.05) is 0 Å². The first-order chi connectivity index (χ1) is 5.29. The summed E-state index contributed by atoms with van der Waals surface area (Å²) in [6.07, 6.45) is 0. The van der Waals surface area contributed by atoms with Crippen molar-refractivity contribution in [1.29, 1.82) is 0 Å². The van der Waals surface area contributed by atoms with Gasteiger partial charge in [-0.05, 0) is 13.8 Å². The van der Waals surface area contributed by atoms with E-state index in [0.29, 0.717) is 10.5 Å². The van der Waals surface area contributed by atoms with Crippen LogP contribution in [0.4, 0.5) is 0 Å². The predicted molar refractivity (Wildman–Crippen MR) is 45.4 cm³/mol. The molecule has 0 spiro atoms. The third-order valence-corrected chi connectivity index (χ3v) is 3.23. The van der Waals surface area contributed by atoms with Crippen molar-refractivity contribution in [1.82, 2.24) is 0 Å². The van der Waals surface area contributed by atoms with E-state index >= 15 is 0 Å². The highest BCUT2D eigenvalue weighted by molar-refractivity contribution is 8.01. The smallest absolute Gasteiger partial charge is 0.148 e. The van der Waals surface area contributed by atoms with Crippen LogP contribution in [0.5, 0.6) is 0 Å². The Hall–Kier alpha value is -0.310. The zero-order valence-corrected chi connectivity index (χ0v) is 7.61. The Labute approximate surface area is 70.9 Å². The van der Waals surface area contributed by atoms with Crippen LogP contribution in [0.1, 0.15) is 13.8 Å². The van der Waals surface area contributed by atoms with Crippen LogP contribution in [-0.2, 0) is 9.47 Å². The Morgan fingerprint density at radius 3 is 2.00 bits per heavy atom. The van der Waals surface area contributed by atoms with Gasteiger partial charge in [0.1, 0.15) is 24.7 Å². The lowest BCUT2D eigenvalue weighted by molar-refractivity contribution is 0.0609. The average Bonchev–Trinajstić information content (AvgIpc) is 2.30. The highest BCUT2D eigenvalue weighted by atomic mass is 32.2. The van der Waals surface area contributed by atoms with E-state index in [1.54, 1.807) is 0 Å². The fourth-order valence-electron chi connectivity index (χ4n) is 1.51. The summed E-state index contributed by atoms with van der Waals surface area (Å²) in [6.45, 7) is 5.77. The van der Waals surface area contributed by atoms with Crippen molar-refractivity contribution in [3.63, 3.8) is 0 Å². The maximum absolute atomic E-state index is 5.52. The molecule has 2 aliphatic rings. The Bertz CT molecular complexity index is 180. The van der Waals surface area contributed by atoms with E-state index in [4.69, 9.17) is 9.47 Å². The van der Waals surface area contributed by atoms with Crippen LogP contribution >= 0.6 is 11.8 Å². The van der Waals surface area contributed by atoms with Gasteiger partial charge in [0.2, 0.25) is 0 Å². The molecule has 0 saturated heterocycles. The van der Waals surface area contributed by atoms with E-state index in [1.807, 2.05) is 11.8 Å². The maximum Gasteiger partial charge on any atom is 0.148 e. The standard InChI is InChI=1S/C8H12O2S/c1-5-7-8(6(2)11-5)10-4-3-9-7/h5-6H,3-4H2,1-2H3. The van der Waals surface area contributed by atoms with Gasteiger partial charge in [-0.25, -0.2) is 0 Å². The highest BCUT2D eigenvalue weighted by Gasteiger charge is 2.33. The second kappa shape index (κ2) is 2.63. The molecule has 0 radical (unpaired) electrons. The monoisotopic (exact) mass is 172 g/mol. The second-order valence-electron chi connectivity index (χ2n) is 2.85. The SMILES string of the molecule is CC1SC(C)C2=C1OCCO2. The Morgan fingerprint density at radius 2 is 1.55 bits per heavy atom. The lowest BCUT2D eigenvalue weighted by Crippen LogP contribution is -2.16. The van der Waals surface area contributed by atoms with Crippen molar-refractivity contribution in [3.05, 3.63) is 11.5 Å². The van der Waals surface area contributed by atoms with Crippen LogP contribution in [0.25, 0.3) is 0 Å². The molecule has 62 valence electrons. The fraction of sp³-hybridized carbons (Fsp3) is 0.750. The molecule has 0 aliphatic carbocycles. The van der Waals surface area contributed by atoms with Crippen LogP contribution in [0.2, 0.25) is 0 Å². The molecular weight excluding hydrogens is 160 g/mol. The topological polar surface area (TPSA) is 18.5 Å². The maximum atomic E-state index is 5.52. The van der Waals surface area contributed by atoms with Crippen molar-refractivity contribution in [2.75, 3.05) is 13.2 Å². The first-order valence-corrected chi connectivity index (χ1v) is 4.88. The van der Waals surface area contributed by atoms with E-state index in [0.717, 1.165) is 24.7 Å². The summed E-state index contributed by atoms with van der Waals surface area (Å²) in [4.78, 5) is 0. The lowest BCUT2D eigenvalue weighted by Gasteiger charge is -2.19. The molecule has 2 atom stereocenters. The molecule has 0 aromatic carbocycles. The van der Waals surface area contributed by atoms with Gasteiger partial charge < -0.3 is 9.47 Å². The second-order valence-corrected chi connectivity index (χ2v) is 4.53. The summed E-state index contributed by atoms with van der Waals surface area (Å²) in [7, 11) is 0. The third-order valence-electron chi connectivity index (χ3n) is 1.99. The van der Waals surface area contributed by atoms with Crippen LogP contribution in [-0.4, -0.2) is 23.7 Å². The highest BCUT2D eigenvalue weighted by Crippen LogP contribution is 2.40. The zero-order chi connectivity index (χ0) is 7.84. The largest absolute Gasteiger partial charge is 0.490 e. The summed E-state index contributed by atoms with van der Waals surface area (Å²) >= 11 is 1.90. The first-order valence-electron chi connectivity index (χ1n) is 3.94. The zero-order valence-electron chi connectivity index (χ0n) is 6.79. The molecule has 0 saturated carbocycles. The van der Waals surface area contributed by atoms with Crippen molar-refractivity contribution < 1.29 is 9.47 Å². The molecule has 0 aromatic rings. The molecule has 0 aromatic heterocycles. The van der Waals surface area contributed by atoms with E-state index in [1.165, 1.54) is 0 Å². The minimum absolute atomic E-state index is 0.486. The van der Waals surface area contributed by atoms with Crippen LogP contribution in [0, 0.1) is 0 Å². The number of hydrogen-bond donors (Lipinski definition) is 0. The lowest BCUT2D eigenvalue weighted by atomic mass is 10.2.